The van der Waals surface area contributed by atoms with E-state index in [-0.39, 0.29) is 12.6 Å². The molecule has 2 aliphatic rings. The number of benzene rings is 1. The number of hydrogen-bond donors (Lipinski definition) is 4. The van der Waals surface area contributed by atoms with Crippen molar-refractivity contribution in [2.45, 2.75) is 43.5 Å². The highest BCUT2D eigenvalue weighted by Crippen LogP contribution is 2.36. The van der Waals surface area contributed by atoms with Crippen LogP contribution in [0.15, 0.2) is 36.9 Å². The van der Waals surface area contributed by atoms with Gasteiger partial charge in [0.05, 0.1) is 12.4 Å². The van der Waals surface area contributed by atoms with Crippen molar-refractivity contribution in [1.29, 1.82) is 0 Å². The number of rotatable bonds is 6. The minimum absolute atomic E-state index is 0.0709. The largest absolute Gasteiger partial charge is 0.387 e. The van der Waals surface area contributed by atoms with Gasteiger partial charge in [0.15, 0.2) is 29.4 Å². The van der Waals surface area contributed by atoms with E-state index in [1.807, 2.05) is 16.9 Å². The first-order valence-electron chi connectivity index (χ1n) is 10.1. The van der Waals surface area contributed by atoms with E-state index >= 15 is 0 Å². The molecule has 13 heteroatoms. The number of imidazole rings is 1. The first-order valence-corrected chi connectivity index (χ1v) is 11.6. The molecule has 0 spiro atoms. The van der Waals surface area contributed by atoms with Gasteiger partial charge >= 0.3 is 0 Å². The summed E-state index contributed by atoms with van der Waals surface area (Å²) in [5, 5.41) is 18.5. The smallest absolute Gasteiger partial charge is 0.274 e. The fourth-order valence-electron chi connectivity index (χ4n) is 4.31. The summed E-state index contributed by atoms with van der Waals surface area (Å²) in [7, 11) is -4.01. The summed E-state index contributed by atoms with van der Waals surface area (Å²) in [5.74, 6) is 0.511. The third kappa shape index (κ3) is 3.82. The molecule has 170 valence electrons. The Morgan fingerprint density at radius 3 is 2.91 bits per heavy atom. The number of nitrogens with zero attached hydrogens (tertiary/aromatic N) is 4. The van der Waals surface area contributed by atoms with E-state index in [1.165, 1.54) is 28.3 Å². The number of fused-ring (bicyclic) bond motifs is 2. The number of nitrogens with two attached hydrogens (primary N) is 1. The number of halogens is 1. The molecule has 1 aromatic carbocycles. The SMILES string of the molecule is NS(=O)(=O)NCC1O[C@@H](n2cnc3c(NC4CCc5ccccc54)ncnc32)[C@@H](F)[C@@H]1O. The van der Waals surface area contributed by atoms with Gasteiger partial charge in [-0.05, 0) is 24.0 Å². The van der Waals surface area contributed by atoms with Gasteiger partial charge in [-0.25, -0.2) is 24.5 Å². The van der Waals surface area contributed by atoms with Crippen LogP contribution in [-0.2, 0) is 21.4 Å². The fraction of sp³-hybridized carbons (Fsp3) is 0.421. The van der Waals surface area contributed by atoms with E-state index in [2.05, 4.69) is 32.4 Å². The van der Waals surface area contributed by atoms with Gasteiger partial charge in [0.2, 0.25) is 0 Å². The standard InChI is InChI=1S/C19H22FN7O4S/c20-14-16(28)13(7-25-32(21,29)30)31-19(14)27-9-24-15-17(22-8-23-18(15)27)26-12-6-5-10-3-1-2-4-11(10)12/h1-4,8-9,12-14,16,19,25,28H,5-7H2,(H2,21,29,30)(H,22,23,26)/t12?,13?,14-,16+,19+/m0/s1. The molecule has 0 radical (unpaired) electrons. The number of hydrogen-bond acceptors (Lipinski definition) is 8. The lowest BCUT2D eigenvalue weighted by Gasteiger charge is -2.17. The van der Waals surface area contributed by atoms with Crippen molar-refractivity contribution in [2.75, 3.05) is 11.9 Å². The zero-order valence-corrected chi connectivity index (χ0v) is 17.6. The Labute approximate surface area is 183 Å². The van der Waals surface area contributed by atoms with Crippen molar-refractivity contribution in [3.8, 4) is 0 Å². The third-order valence-electron chi connectivity index (χ3n) is 5.86. The summed E-state index contributed by atoms with van der Waals surface area (Å²) >= 11 is 0. The predicted molar refractivity (Wildman–Crippen MR) is 112 cm³/mol. The van der Waals surface area contributed by atoms with Crippen LogP contribution in [0.3, 0.4) is 0 Å². The Hall–Kier alpha value is -2.71. The first kappa shape index (κ1) is 21.2. The van der Waals surface area contributed by atoms with Crippen LogP contribution in [0.1, 0.15) is 29.8 Å². The van der Waals surface area contributed by atoms with E-state index in [9.17, 15) is 17.9 Å². The molecule has 0 bridgehead atoms. The Balaban J connectivity index is 1.40. The number of anilines is 1. The van der Waals surface area contributed by atoms with Gasteiger partial charge in [-0.15, -0.1) is 0 Å². The zero-order chi connectivity index (χ0) is 22.5. The molecule has 1 saturated heterocycles. The van der Waals surface area contributed by atoms with Crippen molar-refractivity contribution in [3.05, 3.63) is 48.0 Å². The van der Waals surface area contributed by atoms with Crippen LogP contribution >= 0.6 is 0 Å². The quantitative estimate of drug-likeness (QED) is 0.407. The number of alkyl halides is 1. The molecule has 1 fully saturated rings. The van der Waals surface area contributed by atoms with Crippen LogP contribution in [0.2, 0.25) is 0 Å². The average Bonchev–Trinajstić information content (AvgIpc) is 3.44. The van der Waals surface area contributed by atoms with Crippen molar-refractivity contribution in [3.63, 3.8) is 0 Å². The van der Waals surface area contributed by atoms with Crippen LogP contribution in [0.25, 0.3) is 11.2 Å². The molecule has 2 unspecified atom stereocenters. The number of aryl methyl sites for hydroxylation is 1. The minimum atomic E-state index is -4.01. The van der Waals surface area contributed by atoms with Gasteiger partial charge in [0, 0.05) is 6.54 Å². The number of nitrogens with one attached hydrogen (secondary N) is 2. The topological polar surface area (TPSA) is 157 Å². The highest BCUT2D eigenvalue weighted by atomic mass is 32.2. The summed E-state index contributed by atoms with van der Waals surface area (Å²) in [5.41, 5.74) is 3.26. The average molecular weight is 463 g/mol. The van der Waals surface area contributed by atoms with Gasteiger partial charge in [-0.3, -0.25) is 4.57 Å². The van der Waals surface area contributed by atoms with Gasteiger partial charge in [0.25, 0.3) is 10.2 Å². The van der Waals surface area contributed by atoms with Crippen molar-refractivity contribution in [2.24, 2.45) is 5.14 Å². The monoisotopic (exact) mass is 463 g/mol. The number of ether oxygens (including phenoxy) is 1. The molecule has 32 heavy (non-hydrogen) atoms. The van der Waals surface area contributed by atoms with Gasteiger partial charge in [0.1, 0.15) is 18.5 Å². The maximum Gasteiger partial charge on any atom is 0.274 e. The predicted octanol–water partition coefficient (Wildman–Crippen LogP) is 0.315. The molecule has 5 atom stereocenters. The summed E-state index contributed by atoms with van der Waals surface area (Å²) in [4.78, 5) is 12.9. The maximum atomic E-state index is 14.8. The molecule has 2 aromatic heterocycles. The lowest BCUT2D eigenvalue weighted by molar-refractivity contribution is -0.0195. The van der Waals surface area contributed by atoms with Gasteiger partial charge in [-0.1, -0.05) is 24.3 Å². The fourth-order valence-corrected chi connectivity index (χ4v) is 4.71. The number of aliphatic hydroxyl groups is 1. The Morgan fingerprint density at radius 1 is 1.28 bits per heavy atom. The third-order valence-corrected chi connectivity index (χ3v) is 6.43. The Bertz CT molecular complexity index is 1250. The van der Waals surface area contributed by atoms with E-state index in [0.717, 1.165) is 12.8 Å². The summed E-state index contributed by atoms with van der Waals surface area (Å²) in [6.45, 7) is -0.369. The second-order valence-corrected chi connectivity index (χ2v) is 9.25. The van der Waals surface area contributed by atoms with Crippen LogP contribution in [0.5, 0.6) is 0 Å². The van der Waals surface area contributed by atoms with Crippen molar-refractivity contribution >= 4 is 27.2 Å². The van der Waals surface area contributed by atoms with Crippen LogP contribution in [0, 0.1) is 0 Å². The molecule has 1 aliphatic carbocycles. The molecule has 0 amide bonds. The molecule has 5 rings (SSSR count). The maximum absolute atomic E-state index is 14.8. The number of aliphatic hydroxyl groups excluding tert-OH is 1. The molecular weight excluding hydrogens is 441 g/mol. The molecule has 3 heterocycles. The molecule has 1 aliphatic heterocycles. The highest BCUT2D eigenvalue weighted by molar-refractivity contribution is 7.87. The normalized spacial score (nSPS) is 27.7. The minimum Gasteiger partial charge on any atom is -0.387 e. The van der Waals surface area contributed by atoms with Crippen LogP contribution in [-0.4, -0.2) is 58.0 Å². The Kier molecular flexibility index (Phi) is 5.29. The van der Waals surface area contributed by atoms with Crippen LogP contribution < -0.4 is 15.2 Å². The van der Waals surface area contributed by atoms with E-state index < -0.39 is 34.8 Å². The highest BCUT2D eigenvalue weighted by Gasteiger charge is 2.46. The second kappa shape index (κ2) is 8.01. The lowest BCUT2D eigenvalue weighted by Crippen LogP contribution is -2.41. The zero-order valence-electron chi connectivity index (χ0n) is 16.8. The molecule has 3 aromatic rings. The summed E-state index contributed by atoms with van der Waals surface area (Å²) < 4.78 is 46.0. The van der Waals surface area contributed by atoms with Crippen LogP contribution in [0.4, 0.5) is 10.2 Å². The second-order valence-electron chi connectivity index (χ2n) is 7.87. The summed E-state index contributed by atoms with van der Waals surface area (Å²) in [6.07, 6.45) is -1.16. The molecule has 11 nitrogen and oxygen atoms in total. The summed E-state index contributed by atoms with van der Waals surface area (Å²) in [6, 6.07) is 8.26. The van der Waals surface area contributed by atoms with E-state index in [4.69, 9.17) is 9.88 Å². The van der Waals surface area contributed by atoms with Gasteiger partial charge in [-0.2, -0.15) is 13.1 Å². The van der Waals surface area contributed by atoms with E-state index in [0.29, 0.717) is 17.0 Å². The lowest BCUT2D eigenvalue weighted by atomic mass is 10.1. The molecule has 0 saturated carbocycles. The first-order chi connectivity index (χ1) is 15.3. The van der Waals surface area contributed by atoms with E-state index in [1.54, 1.807) is 0 Å². The molecular formula is C19H22FN7O4S. The van der Waals surface area contributed by atoms with Gasteiger partial charge < -0.3 is 15.2 Å². The number of aromatic nitrogens is 4. The van der Waals surface area contributed by atoms with Crippen molar-refractivity contribution < 1.29 is 22.7 Å². The Morgan fingerprint density at radius 2 is 2.09 bits per heavy atom. The van der Waals surface area contributed by atoms with Crippen molar-refractivity contribution in [1.82, 2.24) is 24.2 Å². The molecule has 5 N–H and O–H groups in total.